The smallest absolute Gasteiger partial charge is 0.254 e. The Labute approximate surface area is 124 Å². The van der Waals surface area contributed by atoms with E-state index in [0.717, 1.165) is 22.0 Å². The lowest BCUT2D eigenvalue weighted by atomic mass is 10.1. The number of H-pyrrole nitrogens is 1. The molecule has 1 heterocycles. The predicted octanol–water partition coefficient (Wildman–Crippen LogP) is 3.83. The molecule has 0 unspecified atom stereocenters. The third-order valence-corrected chi connectivity index (χ3v) is 3.71. The molecular formula is C18H18N2O. The fraction of sp³-hybridized carbons (Fsp3) is 0.167. The van der Waals surface area contributed by atoms with Gasteiger partial charge in [0.15, 0.2) is 0 Å². The molecule has 1 N–H and O–H groups in total. The van der Waals surface area contributed by atoms with E-state index in [4.69, 9.17) is 0 Å². The Morgan fingerprint density at radius 1 is 1.05 bits per heavy atom. The highest BCUT2D eigenvalue weighted by molar-refractivity contribution is 6.06. The number of aromatic nitrogens is 1. The van der Waals surface area contributed by atoms with E-state index in [1.807, 2.05) is 72.6 Å². The second-order valence-electron chi connectivity index (χ2n) is 5.05. The first-order valence-corrected chi connectivity index (χ1v) is 7.19. The van der Waals surface area contributed by atoms with Gasteiger partial charge in [-0.25, -0.2) is 0 Å². The molecule has 0 fully saturated rings. The first-order chi connectivity index (χ1) is 10.3. The molecular weight excluding hydrogens is 260 g/mol. The number of carbonyl (C=O) groups is 1. The second kappa shape index (κ2) is 5.83. The van der Waals surface area contributed by atoms with Crippen molar-refractivity contribution < 1.29 is 4.79 Å². The highest BCUT2D eigenvalue weighted by Gasteiger charge is 2.17. The lowest BCUT2D eigenvalue weighted by Crippen LogP contribution is -2.30. The van der Waals surface area contributed by atoms with Crippen molar-refractivity contribution in [3.05, 3.63) is 71.9 Å². The van der Waals surface area contributed by atoms with E-state index in [0.29, 0.717) is 13.1 Å². The fourth-order valence-corrected chi connectivity index (χ4v) is 2.57. The van der Waals surface area contributed by atoms with Gasteiger partial charge in [-0.15, -0.1) is 0 Å². The van der Waals surface area contributed by atoms with Crippen LogP contribution in [0.3, 0.4) is 0 Å². The normalized spacial score (nSPS) is 10.7. The number of amides is 1. The molecule has 0 spiro atoms. The van der Waals surface area contributed by atoms with Crippen molar-refractivity contribution in [3.63, 3.8) is 0 Å². The highest BCUT2D eigenvalue weighted by Crippen LogP contribution is 2.20. The van der Waals surface area contributed by atoms with E-state index in [2.05, 4.69) is 4.98 Å². The summed E-state index contributed by atoms with van der Waals surface area (Å²) in [6.07, 6.45) is 1.87. The number of hydrogen-bond acceptors (Lipinski definition) is 1. The van der Waals surface area contributed by atoms with Crippen molar-refractivity contribution in [1.29, 1.82) is 0 Å². The summed E-state index contributed by atoms with van der Waals surface area (Å²) in [5.74, 6) is 0.0755. The Morgan fingerprint density at radius 2 is 1.86 bits per heavy atom. The average molecular weight is 278 g/mol. The zero-order valence-corrected chi connectivity index (χ0v) is 12.0. The lowest BCUT2D eigenvalue weighted by molar-refractivity contribution is 0.0754. The number of aromatic amines is 1. The molecule has 0 bridgehead atoms. The summed E-state index contributed by atoms with van der Waals surface area (Å²) in [6.45, 7) is 3.34. The summed E-state index contributed by atoms with van der Waals surface area (Å²) >= 11 is 0. The number of fused-ring (bicyclic) bond motifs is 1. The average Bonchev–Trinajstić information content (AvgIpc) is 3.01. The Balaban J connectivity index is 1.90. The Kier molecular flexibility index (Phi) is 3.73. The molecule has 3 nitrogen and oxygen atoms in total. The van der Waals surface area contributed by atoms with Crippen LogP contribution in [0.1, 0.15) is 22.8 Å². The molecule has 2 aromatic carbocycles. The predicted molar refractivity (Wildman–Crippen MR) is 85.2 cm³/mol. The molecule has 0 aliphatic carbocycles. The number of nitrogens with zero attached hydrogens (tertiary/aromatic N) is 1. The monoisotopic (exact) mass is 278 g/mol. The van der Waals surface area contributed by atoms with Crippen LogP contribution < -0.4 is 0 Å². The van der Waals surface area contributed by atoms with Gasteiger partial charge in [-0.2, -0.15) is 0 Å². The summed E-state index contributed by atoms with van der Waals surface area (Å²) in [6, 6.07) is 17.8. The number of rotatable bonds is 4. The number of hydrogen-bond donors (Lipinski definition) is 1. The SMILES string of the molecule is CCN(Cc1ccccc1)C(=O)c1cccc2[nH]ccc12. The molecule has 0 radical (unpaired) electrons. The van der Waals surface area contributed by atoms with Crippen LogP contribution in [-0.4, -0.2) is 22.3 Å². The molecule has 3 rings (SSSR count). The first-order valence-electron chi connectivity index (χ1n) is 7.19. The van der Waals surface area contributed by atoms with Crippen molar-refractivity contribution in [3.8, 4) is 0 Å². The maximum absolute atomic E-state index is 12.8. The summed E-state index contributed by atoms with van der Waals surface area (Å²) in [7, 11) is 0. The molecule has 106 valence electrons. The van der Waals surface area contributed by atoms with Gasteiger partial charge >= 0.3 is 0 Å². The summed E-state index contributed by atoms with van der Waals surface area (Å²) in [5.41, 5.74) is 2.90. The van der Waals surface area contributed by atoms with E-state index in [1.165, 1.54) is 0 Å². The molecule has 0 aliphatic heterocycles. The molecule has 0 aliphatic rings. The summed E-state index contributed by atoms with van der Waals surface area (Å²) < 4.78 is 0. The number of benzene rings is 2. The van der Waals surface area contributed by atoms with E-state index in [-0.39, 0.29) is 5.91 Å². The molecule has 1 aromatic heterocycles. The van der Waals surface area contributed by atoms with Crippen molar-refractivity contribution in [2.75, 3.05) is 6.54 Å². The van der Waals surface area contributed by atoms with Crippen LogP contribution in [0.4, 0.5) is 0 Å². The van der Waals surface area contributed by atoms with Crippen LogP contribution >= 0.6 is 0 Å². The molecule has 1 amide bonds. The zero-order chi connectivity index (χ0) is 14.7. The molecule has 21 heavy (non-hydrogen) atoms. The van der Waals surface area contributed by atoms with Gasteiger partial charge < -0.3 is 9.88 Å². The van der Waals surface area contributed by atoms with Crippen LogP contribution in [-0.2, 0) is 6.54 Å². The van der Waals surface area contributed by atoms with E-state index < -0.39 is 0 Å². The molecule has 3 aromatic rings. The minimum absolute atomic E-state index is 0.0755. The Morgan fingerprint density at radius 3 is 2.62 bits per heavy atom. The number of nitrogens with one attached hydrogen (secondary N) is 1. The van der Waals surface area contributed by atoms with Gasteiger partial charge in [-0.1, -0.05) is 36.4 Å². The summed E-state index contributed by atoms with van der Waals surface area (Å²) in [4.78, 5) is 17.8. The quantitative estimate of drug-likeness (QED) is 0.773. The third-order valence-electron chi connectivity index (χ3n) is 3.71. The van der Waals surface area contributed by atoms with Gasteiger partial charge in [0.25, 0.3) is 5.91 Å². The van der Waals surface area contributed by atoms with E-state index in [1.54, 1.807) is 0 Å². The van der Waals surface area contributed by atoms with Gasteiger partial charge in [0.2, 0.25) is 0 Å². The van der Waals surface area contributed by atoms with E-state index in [9.17, 15) is 4.79 Å². The second-order valence-corrected chi connectivity index (χ2v) is 5.05. The van der Waals surface area contributed by atoms with Crippen LogP contribution in [0.15, 0.2) is 60.8 Å². The van der Waals surface area contributed by atoms with Crippen LogP contribution in [0.25, 0.3) is 10.9 Å². The van der Waals surface area contributed by atoms with Gasteiger partial charge in [0.1, 0.15) is 0 Å². The van der Waals surface area contributed by atoms with Gasteiger partial charge in [-0.05, 0) is 30.7 Å². The Bertz CT molecular complexity index is 746. The standard InChI is InChI=1S/C18H18N2O/c1-2-20(13-14-7-4-3-5-8-14)18(21)16-9-6-10-17-15(16)11-12-19-17/h3-12,19H,2,13H2,1H3. The largest absolute Gasteiger partial charge is 0.361 e. The van der Waals surface area contributed by atoms with E-state index >= 15 is 0 Å². The minimum Gasteiger partial charge on any atom is -0.361 e. The highest BCUT2D eigenvalue weighted by atomic mass is 16.2. The maximum Gasteiger partial charge on any atom is 0.254 e. The van der Waals surface area contributed by atoms with Crippen LogP contribution in [0.5, 0.6) is 0 Å². The van der Waals surface area contributed by atoms with Gasteiger partial charge in [0, 0.05) is 35.8 Å². The van der Waals surface area contributed by atoms with Gasteiger partial charge in [0.05, 0.1) is 0 Å². The minimum atomic E-state index is 0.0755. The third kappa shape index (κ3) is 2.68. The van der Waals surface area contributed by atoms with Crippen molar-refractivity contribution in [2.24, 2.45) is 0 Å². The molecule has 0 atom stereocenters. The molecule has 0 saturated heterocycles. The van der Waals surface area contributed by atoms with Gasteiger partial charge in [-0.3, -0.25) is 4.79 Å². The van der Waals surface area contributed by atoms with Crippen molar-refractivity contribution >= 4 is 16.8 Å². The summed E-state index contributed by atoms with van der Waals surface area (Å²) in [5, 5.41) is 0.981. The maximum atomic E-state index is 12.8. The van der Waals surface area contributed by atoms with Crippen molar-refractivity contribution in [1.82, 2.24) is 9.88 Å². The molecule has 3 heteroatoms. The first kappa shape index (κ1) is 13.4. The van der Waals surface area contributed by atoms with Crippen LogP contribution in [0, 0.1) is 0 Å². The van der Waals surface area contributed by atoms with Crippen molar-refractivity contribution in [2.45, 2.75) is 13.5 Å². The number of carbonyl (C=O) groups excluding carboxylic acids is 1. The lowest BCUT2D eigenvalue weighted by Gasteiger charge is -2.21. The zero-order valence-electron chi connectivity index (χ0n) is 12.0. The fourth-order valence-electron chi connectivity index (χ4n) is 2.57. The van der Waals surface area contributed by atoms with Crippen LogP contribution in [0.2, 0.25) is 0 Å². The molecule has 0 saturated carbocycles. The topological polar surface area (TPSA) is 36.1 Å². The Hall–Kier alpha value is -2.55.